The van der Waals surface area contributed by atoms with Gasteiger partial charge >= 0.3 is 11.7 Å². The van der Waals surface area contributed by atoms with E-state index >= 15 is 0 Å². The molecular weight excluding hydrogens is 362 g/mol. The van der Waals surface area contributed by atoms with Crippen LogP contribution in [-0.2, 0) is 22.6 Å². The zero-order chi connectivity index (χ0) is 18.3. The lowest BCUT2D eigenvalue weighted by molar-refractivity contribution is -0.136. The van der Waals surface area contributed by atoms with Gasteiger partial charge in [0, 0.05) is 23.8 Å². The Bertz CT molecular complexity index is 914. The Hall–Kier alpha value is -2.65. The number of halogens is 1. The summed E-state index contributed by atoms with van der Waals surface area (Å²) in [6, 6.07) is 6.37. The van der Waals surface area contributed by atoms with Crippen LogP contribution in [0.3, 0.4) is 0 Å². The molecule has 2 aromatic rings. The Balaban J connectivity index is 1.59. The van der Waals surface area contributed by atoms with Crippen molar-refractivity contribution in [3.8, 4) is 0 Å². The highest BCUT2D eigenvalue weighted by molar-refractivity contribution is 6.30. The topological polar surface area (TPSA) is 89.7 Å². The number of carbonyl (C=O) groups is 2. The van der Waals surface area contributed by atoms with Crippen LogP contribution in [0.25, 0.3) is 0 Å². The standard InChI is InChI=1S/C16H16ClN5O4/c17-11-1-3-12(4-2-11)20-9-13-18-15(24)21(22(13)16(20)25)10-14(23)19-5-7-26-8-6-19/h1-4H,5-10H2. The Kier molecular flexibility index (Phi) is 4.25. The summed E-state index contributed by atoms with van der Waals surface area (Å²) in [6.45, 7) is 1.81. The van der Waals surface area contributed by atoms with Gasteiger partial charge in [0.1, 0.15) is 6.54 Å². The minimum Gasteiger partial charge on any atom is -0.378 e. The van der Waals surface area contributed by atoms with E-state index in [0.29, 0.717) is 42.8 Å². The van der Waals surface area contributed by atoms with Gasteiger partial charge in [0.25, 0.3) is 0 Å². The largest absolute Gasteiger partial charge is 0.378 e. The minimum absolute atomic E-state index is 0.161. The normalized spacial score (nSPS) is 16.9. The molecule has 10 heteroatoms. The van der Waals surface area contributed by atoms with E-state index < -0.39 is 11.7 Å². The molecule has 0 aliphatic carbocycles. The van der Waals surface area contributed by atoms with Crippen molar-refractivity contribution in [2.75, 3.05) is 31.2 Å². The molecule has 0 N–H and O–H groups in total. The van der Waals surface area contributed by atoms with Gasteiger partial charge in [-0.1, -0.05) is 11.6 Å². The number of hydrogen-bond acceptors (Lipinski definition) is 5. The third-order valence-corrected chi connectivity index (χ3v) is 4.68. The monoisotopic (exact) mass is 377 g/mol. The Labute approximate surface area is 153 Å². The zero-order valence-corrected chi connectivity index (χ0v) is 14.6. The first-order valence-electron chi connectivity index (χ1n) is 8.16. The molecule has 0 bridgehead atoms. The van der Waals surface area contributed by atoms with Crippen molar-refractivity contribution in [3.63, 3.8) is 0 Å². The van der Waals surface area contributed by atoms with Crippen molar-refractivity contribution in [1.29, 1.82) is 0 Å². The molecule has 0 atom stereocenters. The number of amides is 2. The van der Waals surface area contributed by atoms with Gasteiger partial charge in [0.2, 0.25) is 5.91 Å². The first-order valence-corrected chi connectivity index (χ1v) is 8.54. The van der Waals surface area contributed by atoms with Crippen LogP contribution in [0.1, 0.15) is 5.82 Å². The Morgan fingerprint density at radius 3 is 2.54 bits per heavy atom. The van der Waals surface area contributed by atoms with E-state index in [4.69, 9.17) is 16.3 Å². The molecule has 0 saturated carbocycles. The summed E-state index contributed by atoms with van der Waals surface area (Å²) in [5, 5.41) is 0.561. The number of morpholine rings is 1. The first-order chi connectivity index (χ1) is 12.5. The molecule has 9 nitrogen and oxygen atoms in total. The van der Waals surface area contributed by atoms with Crippen LogP contribution in [0.4, 0.5) is 10.5 Å². The van der Waals surface area contributed by atoms with E-state index in [-0.39, 0.29) is 19.0 Å². The highest BCUT2D eigenvalue weighted by Crippen LogP contribution is 2.24. The summed E-state index contributed by atoms with van der Waals surface area (Å²) in [4.78, 5) is 44.4. The van der Waals surface area contributed by atoms with Crippen LogP contribution < -0.4 is 10.6 Å². The number of hydrogen-bond donors (Lipinski definition) is 0. The van der Waals surface area contributed by atoms with E-state index in [0.717, 1.165) is 4.68 Å². The fourth-order valence-corrected chi connectivity index (χ4v) is 3.21. The Morgan fingerprint density at radius 2 is 1.85 bits per heavy atom. The number of carbonyl (C=O) groups excluding carboxylic acids is 2. The SMILES string of the molecule is O=C(Cn1c(=O)nc2n1C(=O)N(c1ccc(Cl)cc1)C2)N1CCOCC1. The molecule has 1 saturated heterocycles. The van der Waals surface area contributed by atoms with Crippen LogP contribution in [0.2, 0.25) is 5.02 Å². The van der Waals surface area contributed by atoms with Crippen LogP contribution >= 0.6 is 11.6 Å². The molecule has 0 radical (unpaired) electrons. The predicted octanol–water partition coefficient (Wildman–Crippen LogP) is 0.545. The minimum atomic E-state index is -0.606. The second-order valence-corrected chi connectivity index (χ2v) is 6.45. The number of nitrogens with zero attached hydrogens (tertiary/aromatic N) is 5. The summed E-state index contributed by atoms with van der Waals surface area (Å²) in [5.74, 6) is 0.0700. The van der Waals surface area contributed by atoms with Crippen molar-refractivity contribution >= 4 is 29.2 Å². The Morgan fingerprint density at radius 1 is 1.15 bits per heavy atom. The average Bonchev–Trinajstić information content (AvgIpc) is 3.12. The molecule has 2 aliphatic heterocycles. The maximum atomic E-state index is 12.8. The molecular formula is C16H16ClN5O4. The molecule has 1 aromatic heterocycles. The zero-order valence-electron chi connectivity index (χ0n) is 13.8. The van der Waals surface area contributed by atoms with Gasteiger partial charge in [-0.2, -0.15) is 9.67 Å². The third kappa shape index (κ3) is 2.89. The van der Waals surface area contributed by atoms with Crippen molar-refractivity contribution in [2.45, 2.75) is 13.1 Å². The number of rotatable bonds is 3. The molecule has 26 heavy (non-hydrogen) atoms. The van der Waals surface area contributed by atoms with Crippen molar-refractivity contribution < 1.29 is 14.3 Å². The summed E-state index contributed by atoms with van der Waals surface area (Å²) in [5.41, 5.74) is 0.0362. The number of anilines is 1. The molecule has 3 heterocycles. The smallest absolute Gasteiger partial charge is 0.365 e. The number of aromatic nitrogens is 3. The lowest BCUT2D eigenvalue weighted by Gasteiger charge is -2.27. The van der Waals surface area contributed by atoms with E-state index in [1.165, 1.54) is 9.58 Å². The van der Waals surface area contributed by atoms with Gasteiger partial charge in [-0.15, -0.1) is 0 Å². The van der Waals surface area contributed by atoms with Gasteiger partial charge in [0.15, 0.2) is 5.82 Å². The molecule has 1 aromatic carbocycles. The van der Waals surface area contributed by atoms with Crippen molar-refractivity contribution in [1.82, 2.24) is 19.2 Å². The van der Waals surface area contributed by atoms with Gasteiger partial charge < -0.3 is 9.64 Å². The summed E-state index contributed by atoms with van der Waals surface area (Å²) in [6.07, 6.45) is 0. The van der Waals surface area contributed by atoms with Gasteiger partial charge in [-0.3, -0.25) is 9.69 Å². The maximum absolute atomic E-state index is 12.8. The van der Waals surface area contributed by atoms with Crippen LogP contribution in [-0.4, -0.2) is 57.5 Å². The maximum Gasteiger partial charge on any atom is 0.365 e. The summed E-state index contributed by atoms with van der Waals surface area (Å²) in [7, 11) is 0. The molecule has 2 aliphatic rings. The molecule has 0 spiro atoms. The van der Waals surface area contributed by atoms with E-state index in [1.54, 1.807) is 29.2 Å². The van der Waals surface area contributed by atoms with Gasteiger partial charge in [0.05, 0.1) is 19.8 Å². The second-order valence-electron chi connectivity index (χ2n) is 6.02. The fraction of sp³-hybridized carbons (Fsp3) is 0.375. The third-order valence-electron chi connectivity index (χ3n) is 4.43. The molecule has 2 amide bonds. The number of benzene rings is 1. The molecule has 1 fully saturated rings. The lowest BCUT2D eigenvalue weighted by Crippen LogP contribution is -2.44. The predicted molar refractivity (Wildman–Crippen MR) is 92.3 cm³/mol. The molecule has 4 rings (SSSR count). The summed E-state index contributed by atoms with van der Waals surface area (Å²) >= 11 is 5.88. The van der Waals surface area contributed by atoms with E-state index in [2.05, 4.69) is 4.98 Å². The van der Waals surface area contributed by atoms with Gasteiger partial charge in [-0.25, -0.2) is 14.3 Å². The summed E-state index contributed by atoms with van der Waals surface area (Å²) < 4.78 is 7.49. The highest BCUT2D eigenvalue weighted by Gasteiger charge is 2.34. The van der Waals surface area contributed by atoms with E-state index in [9.17, 15) is 14.4 Å². The van der Waals surface area contributed by atoms with Crippen LogP contribution in [0.5, 0.6) is 0 Å². The number of fused-ring (bicyclic) bond motifs is 1. The number of ether oxygens (including phenoxy) is 1. The first kappa shape index (κ1) is 16.8. The van der Waals surface area contributed by atoms with Gasteiger partial charge in [-0.05, 0) is 24.3 Å². The van der Waals surface area contributed by atoms with Crippen LogP contribution in [0, 0.1) is 0 Å². The molecule has 0 unspecified atom stereocenters. The van der Waals surface area contributed by atoms with Crippen LogP contribution in [0.15, 0.2) is 29.1 Å². The average molecular weight is 378 g/mol. The quantitative estimate of drug-likeness (QED) is 0.779. The highest BCUT2D eigenvalue weighted by atomic mass is 35.5. The second kappa shape index (κ2) is 6.58. The van der Waals surface area contributed by atoms with Crippen molar-refractivity contribution in [2.24, 2.45) is 0 Å². The molecule has 136 valence electrons. The fourth-order valence-electron chi connectivity index (χ4n) is 3.08. The van der Waals surface area contributed by atoms with E-state index in [1.807, 2.05) is 0 Å². The lowest BCUT2D eigenvalue weighted by atomic mass is 10.3. The van der Waals surface area contributed by atoms with Crippen molar-refractivity contribution in [3.05, 3.63) is 45.6 Å².